The van der Waals surface area contributed by atoms with Crippen molar-refractivity contribution in [2.24, 2.45) is 0 Å². The molecule has 3 aromatic rings. The summed E-state index contributed by atoms with van der Waals surface area (Å²) in [6, 6.07) is 9.92. The van der Waals surface area contributed by atoms with E-state index in [2.05, 4.69) is 15.3 Å². The lowest BCUT2D eigenvalue weighted by Crippen LogP contribution is -2.24. The predicted molar refractivity (Wildman–Crippen MR) is 107 cm³/mol. The highest BCUT2D eigenvalue weighted by atomic mass is 35.5. The Labute approximate surface area is 176 Å². The number of aromatic nitrogens is 2. The molecule has 1 aromatic heterocycles. The summed E-state index contributed by atoms with van der Waals surface area (Å²) in [5, 5.41) is 11.8. The zero-order valence-corrected chi connectivity index (χ0v) is 16.7. The molecular formula is C20H15Cl2FN4O2. The summed E-state index contributed by atoms with van der Waals surface area (Å²) < 4.78 is 20.6. The lowest BCUT2D eigenvalue weighted by atomic mass is 10.1. The Bertz CT molecular complexity index is 1110. The van der Waals surface area contributed by atoms with E-state index >= 15 is 0 Å². The van der Waals surface area contributed by atoms with Crippen molar-refractivity contribution in [1.82, 2.24) is 15.3 Å². The average Bonchev–Trinajstić information content (AvgIpc) is 3.16. The van der Waals surface area contributed by atoms with Crippen LogP contribution in [0.1, 0.15) is 34.1 Å². The maximum atomic E-state index is 15.0. The number of aromatic amines is 1. The first kappa shape index (κ1) is 20.6. The summed E-state index contributed by atoms with van der Waals surface area (Å²) in [7, 11) is 0. The van der Waals surface area contributed by atoms with Crippen LogP contribution in [0.15, 0.2) is 36.7 Å². The molecule has 0 spiro atoms. The Balaban J connectivity index is 1.83. The number of amides is 1. The second-order valence-corrected chi connectivity index (χ2v) is 6.80. The molecule has 148 valence electrons. The van der Waals surface area contributed by atoms with Crippen molar-refractivity contribution in [2.75, 3.05) is 0 Å². The molecule has 3 rings (SSSR count). The van der Waals surface area contributed by atoms with Gasteiger partial charge in [0.15, 0.2) is 16.7 Å². The van der Waals surface area contributed by atoms with Gasteiger partial charge in [-0.15, -0.1) is 0 Å². The second-order valence-electron chi connectivity index (χ2n) is 6.03. The van der Waals surface area contributed by atoms with Crippen LogP contribution in [0.25, 0.3) is 0 Å². The first-order valence-corrected chi connectivity index (χ1v) is 9.34. The van der Waals surface area contributed by atoms with Gasteiger partial charge in [0.25, 0.3) is 5.91 Å². The Kier molecular flexibility index (Phi) is 6.37. The molecule has 0 fully saturated rings. The minimum Gasteiger partial charge on any atom is -0.453 e. The predicted octanol–water partition coefficient (Wildman–Crippen LogP) is 5.01. The number of carbonyl (C=O) groups excluding carboxylic acids is 1. The largest absolute Gasteiger partial charge is 0.453 e. The number of ether oxygens (including phenoxy) is 1. The van der Waals surface area contributed by atoms with Gasteiger partial charge < -0.3 is 15.0 Å². The van der Waals surface area contributed by atoms with Gasteiger partial charge in [-0.25, -0.2) is 9.37 Å². The maximum Gasteiger partial charge on any atom is 0.271 e. The quantitative estimate of drug-likeness (QED) is 0.572. The number of H-pyrrole nitrogens is 1. The Hall–Kier alpha value is -3.08. The smallest absolute Gasteiger partial charge is 0.271 e. The van der Waals surface area contributed by atoms with Gasteiger partial charge in [-0.1, -0.05) is 36.2 Å². The fourth-order valence-corrected chi connectivity index (χ4v) is 2.98. The number of hydrogen-bond donors (Lipinski definition) is 2. The van der Waals surface area contributed by atoms with Crippen LogP contribution >= 0.6 is 23.2 Å². The van der Waals surface area contributed by atoms with Crippen LogP contribution in [0.2, 0.25) is 10.2 Å². The summed E-state index contributed by atoms with van der Waals surface area (Å²) in [6.45, 7) is 1.81. The van der Waals surface area contributed by atoms with Gasteiger partial charge in [0, 0.05) is 12.1 Å². The lowest BCUT2D eigenvalue weighted by molar-refractivity contribution is 0.0946. The van der Waals surface area contributed by atoms with Crippen LogP contribution < -0.4 is 10.1 Å². The topological polar surface area (TPSA) is 90.8 Å². The summed E-state index contributed by atoms with van der Waals surface area (Å²) in [5.41, 5.74) is 1.52. The van der Waals surface area contributed by atoms with Crippen LogP contribution in [-0.2, 0) is 13.0 Å². The fourth-order valence-electron chi connectivity index (χ4n) is 2.61. The van der Waals surface area contributed by atoms with Gasteiger partial charge in [0.1, 0.15) is 11.4 Å². The van der Waals surface area contributed by atoms with E-state index in [0.29, 0.717) is 17.7 Å². The van der Waals surface area contributed by atoms with Crippen molar-refractivity contribution >= 4 is 29.1 Å². The molecule has 9 heteroatoms. The molecule has 0 bridgehead atoms. The van der Waals surface area contributed by atoms with Crippen molar-refractivity contribution in [2.45, 2.75) is 19.9 Å². The molecule has 0 saturated carbocycles. The number of nitriles is 1. The fraction of sp³-hybridized carbons (Fsp3) is 0.150. The number of hydrogen-bond acceptors (Lipinski definition) is 4. The minimum absolute atomic E-state index is 0.0206. The highest BCUT2D eigenvalue weighted by Gasteiger charge is 2.18. The van der Waals surface area contributed by atoms with Crippen LogP contribution in [0.3, 0.4) is 0 Å². The highest BCUT2D eigenvalue weighted by molar-refractivity contribution is 6.32. The number of halogens is 3. The Morgan fingerprint density at radius 2 is 2.14 bits per heavy atom. The van der Waals surface area contributed by atoms with E-state index in [-0.39, 0.29) is 33.7 Å². The van der Waals surface area contributed by atoms with Crippen molar-refractivity contribution in [3.63, 3.8) is 0 Å². The van der Waals surface area contributed by atoms with E-state index in [1.807, 2.05) is 13.0 Å². The van der Waals surface area contributed by atoms with Crippen LogP contribution in [0.4, 0.5) is 4.39 Å². The van der Waals surface area contributed by atoms with Crippen molar-refractivity contribution < 1.29 is 13.9 Å². The molecule has 2 aromatic carbocycles. The van der Waals surface area contributed by atoms with Crippen LogP contribution in [0, 0.1) is 17.1 Å². The number of nitrogens with zero attached hydrogens (tertiary/aromatic N) is 2. The summed E-state index contributed by atoms with van der Waals surface area (Å²) in [4.78, 5) is 18.5. The zero-order chi connectivity index (χ0) is 21.0. The minimum atomic E-state index is -0.714. The van der Waals surface area contributed by atoms with Gasteiger partial charge >= 0.3 is 0 Å². The molecule has 2 N–H and O–H groups in total. The number of benzene rings is 2. The maximum absolute atomic E-state index is 15.0. The Morgan fingerprint density at radius 1 is 1.34 bits per heavy atom. The van der Waals surface area contributed by atoms with Crippen LogP contribution in [-0.4, -0.2) is 15.9 Å². The summed E-state index contributed by atoms with van der Waals surface area (Å²) in [5.74, 6) is -1.13. The summed E-state index contributed by atoms with van der Waals surface area (Å²) >= 11 is 11.9. The third kappa shape index (κ3) is 4.67. The first-order valence-electron chi connectivity index (χ1n) is 8.58. The monoisotopic (exact) mass is 432 g/mol. The number of nitrogens with one attached hydrogen (secondary N) is 2. The molecule has 29 heavy (non-hydrogen) atoms. The third-order valence-corrected chi connectivity index (χ3v) is 4.70. The molecule has 0 aliphatic carbocycles. The van der Waals surface area contributed by atoms with E-state index in [1.165, 1.54) is 24.5 Å². The van der Waals surface area contributed by atoms with Gasteiger partial charge in [0.2, 0.25) is 0 Å². The van der Waals surface area contributed by atoms with E-state index in [0.717, 1.165) is 5.56 Å². The van der Waals surface area contributed by atoms with Gasteiger partial charge in [-0.05, 0) is 36.2 Å². The Morgan fingerprint density at radius 3 is 2.79 bits per heavy atom. The molecule has 0 aliphatic rings. The lowest BCUT2D eigenvalue weighted by Gasteiger charge is -2.13. The number of carbonyl (C=O) groups is 1. The third-order valence-electron chi connectivity index (χ3n) is 4.11. The van der Waals surface area contributed by atoms with Crippen LogP contribution in [0.5, 0.6) is 11.5 Å². The average molecular weight is 433 g/mol. The van der Waals surface area contributed by atoms with E-state index < -0.39 is 11.7 Å². The number of aryl methyl sites for hydroxylation is 1. The normalized spacial score (nSPS) is 10.4. The van der Waals surface area contributed by atoms with E-state index in [4.69, 9.17) is 33.2 Å². The molecule has 0 radical (unpaired) electrons. The van der Waals surface area contributed by atoms with E-state index in [1.54, 1.807) is 12.1 Å². The molecule has 0 aliphatic heterocycles. The highest BCUT2D eigenvalue weighted by Crippen LogP contribution is 2.34. The zero-order valence-electron chi connectivity index (χ0n) is 15.2. The standard InChI is InChI=1S/C20H15Cl2FN4O2/c1-2-11-5-12(8-24)7-14(6-11)29-18-15(21)4-3-13(16(18)23)9-25-20(28)17-19(22)27-10-26-17/h3-7,10H,2,9H2,1H3,(H,25,28)(H,26,27). The molecule has 0 saturated heterocycles. The molecule has 0 atom stereocenters. The molecular weight excluding hydrogens is 418 g/mol. The molecule has 1 amide bonds. The van der Waals surface area contributed by atoms with Gasteiger partial charge in [0.05, 0.1) is 23.0 Å². The van der Waals surface area contributed by atoms with Crippen molar-refractivity contribution in [1.29, 1.82) is 5.26 Å². The van der Waals surface area contributed by atoms with Crippen molar-refractivity contribution in [3.8, 4) is 17.6 Å². The van der Waals surface area contributed by atoms with Gasteiger partial charge in [-0.3, -0.25) is 4.79 Å². The molecule has 0 unspecified atom stereocenters. The second kappa shape index (κ2) is 8.95. The number of rotatable bonds is 6. The van der Waals surface area contributed by atoms with Gasteiger partial charge in [-0.2, -0.15) is 5.26 Å². The van der Waals surface area contributed by atoms with Crippen molar-refractivity contribution in [3.05, 3.63) is 75.0 Å². The first-order chi connectivity index (χ1) is 13.9. The summed E-state index contributed by atoms with van der Waals surface area (Å²) in [6.07, 6.45) is 1.97. The molecule has 1 heterocycles. The van der Waals surface area contributed by atoms with E-state index in [9.17, 15) is 9.18 Å². The SMILES string of the molecule is CCc1cc(C#N)cc(Oc2c(Cl)ccc(CNC(=O)c3[nH]cnc3Cl)c2F)c1. The number of imidazole rings is 1. The molecule has 6 nitrogen and oxygen atoms in total.